The van der Waals surface area contributed by atoms with Gasteiger partial charge >= 0.3 is 0 Å². The van der Waals surface area contributed by atoms with E-state index in [0.717, 1.165) is 10.4 Å². The van der Waals surface area contributed by atoms with Crippen molar-refractivity contribution in [1.29, 1.82) is 0 Å². The summed E-state index contributed by atoms with van der Waals surface area (Å²) in [6, 6.07) is 3.82. The third kappa shape index (κ3) is 4.89. The van der Waals surface area contributed by atoms with Gasteiger partial charge in [0, 0.05) is 33.2 Å². The molecule has 1 aromatic carbocycles. The third-order valence-corrected chi connectivity index (χ3v) is 5.08. The first-order valence-corrected chi connectivity index (χ1v) is 8.27. The Morgan fingerprint density at radius 3 is 2.24 bits per heavy atom. The number of rotatable bonds is 9. The van der Waals surface area contributed by atoms with Crippen LogP contribution in [0.1, 0.15) is 5.56 Å². The van der Waals surface area contributed by atoms with Crippen molar-refractivity contribution < 1.29 is 22.3 Å². The molecule has 5 nitrogen and oxygen atoms in total. The van der Waals surface area contributed by atoms with Crippen molar-refractivity contribution >= 4 is 21.6 Å². The molecular weight excluding hydrogens is 321 g/mol. The summed E-state index contributed by atoms with van der Waals surface area (Å²) in [5.74, 6) is -0.692. The van der Waals surface area contributed by atoms with Crippen LogP contribution in [0.4, 0.5) is 4.39 Å². The highest BCUT2D eigenvalue weighted by Gasteiger charge is 2.27. The molecular formula is C13H19ClFNO4S. The van der Waals surface area contributed by atoms with E-state index in [1.165, 1.54) is 26.4 Å². The van der Waals surface area contributed by atoms with E-state index in [9.17, 15) is 12.8 Å². The van der Waals surface area contributed by atoms with Gasteiger partial charge in [-0.15, -0.1) is 11.6 Å². The molecule has 8 heteroatoms. The van der Waals surface area contributed by atoms with E-state index < -0.39 is 15.8 Å². The minimum atomic E-state index is -3.97. The number of halogens is 2. The Labute approximate surface area is 129 Å². The van der Waals surface area contributed by atoms with Crippen LogP contribution in [0.2, 0.25) is 0 Å². The molecule has 21 heavy (non-hydrogen) atoms. The molecule has 0 N–H and O–H groups in total. The van der Waals surface area contributed by atoms with E-state index in [-0.39, 0.29) is 37.1 Å². The minimum Gasteiger partial charge on any atom is -0.383 e. The van der Waals surface area contributed by atoms with Crippen molar-refractivity contribution in [3.63, 3.8) is 0 Å². The molecule has 0 atom stereocenters. The molecule has 1 aromatic rings. The van der Waals surface area contributed by atoms with Gasteiger partial charge in [-0.05, 0) is 17.7 Å². The van der Waals surface area contributed by atoms with Crippen molar-refractivity contribution in [2.75, 3.05) is 40.5 Å². The van der Waals surface area contributed by atoms with Gasteiger partial charge < -0.3 is 9.47 Å². The van der Waals surface area contributed by atoms with Crippen LogP contribution < -0.4 is 0 Å². The van der Waals surface area contributed by atoms with Crippen LogP contribution in [-0.4, -0.2) is 53.2 Å². The summed E-state index contributed by atoms with van der Waals surface area (Å²) < 4.78 is 50.0. The maximum Gasteiger partial charge on any atom is 0.246 e. The first-order chi connectivity index (χ1) is 9.97. The minimum absolute atomic E-state index is 0.110. The van der Waals surface area contributed by atoms with Crippen LogP contribution in [0.15, 0.2) is 23.1 Å². The summed E-state index contributed by atoms with van der Waals surface area (Å²) in [4.78, 5) is -0.382. The zero-order valence-corrected chi connectivity index (χ0v) is 13.6. The smallest absolute Gasteiger partial charge is 0.246 e. The maximum absolute atomic E-state index is 13.9. The highest BCUT2D eigenvalue weighted by Crippen LogP contribution is 2.21. The fourth-order valence-corrected chi connectivity index (χ4v) is 3.40. The lowest BCUT2D eigenvalue weighted by Crippen LogP contribution is -2.37. The molecule has 1 rings (SSSR count). The molecule has 0 heterocycles. The second kappa shape index (κ2) is 8.65. The van der Waals surface area contributed by atoms with Gasteiger partial charge in [-0.25, -0.2) is 12.8 Å². The Morgan fingerprint density at radius 2 is 1.76 bits per heavy atom. The fraction of sp³-hybridized carbons (Fsp3) is 0.538. The largest absolute Gasteiger partial charge is 0.383 e. The molecule has 0 aliphatic heterocycles. The molecule has 0 amide bonds. The summed E-state index contributed by atoms with van der Waals surface area (Å²) in [5.41, 5.74) is 0.537. The van der Waals surface area contributed by atoms with Gasteiger partial charge in [0.1, 0.15) is 10.7 Å². The van der Waals surface area contributed by atoms with Crippen molar-refractivity contribution in [1.82, 2.24) is 4.31 Å². The number of hydrogen-bond donors (Lipinski definition) is 0. The van der Waals surface area contributed by atoms with Gasteiger partial charge in [0.05, 0.1) is 13.2 Å². The lowest BCUT2D eigenvalue weighted by Gasteiger charge is -2.22. The average Bonchev–Trinajstić information content (AvgIpc) is 2.47. The first kappa shape index (κ1) is 18.3. The van der Waals surface area contributed by atoms with E-state index in [2.05, 4.69) is 0 Å². The SMILES string of the molecule is COCCN(CCOC)S(=O)(=O)c1cc(CCl)ccc1F. The van der Waals surface area contributed by atoms with E-state index in [1.807, 2.05) is 0 Å². The Balaban J connectivity index is 3.14. The molecule has 0 radical (unpaired) electrons. The van der Waals surface area contributed by atoms with Crippen LogP contribution >= 0.6 is 11.6 Å². The van der Waals surface area contributed by atoms with Crippen molar-refractivity contribution in [3.8, 4) is 0 Å². The van der Waals surface area contributed by atoms with Crippen LogP contribution in [-0.2, 0) is 25.4 Å². The molecule has 0 aliphatic carbocycles. The van der Waals surface area contributed by atoms with Crippen LogP contribution in [0, 0.1) is 5.82 Å². The maximum atomic E-state index is 13.9. The van der Waals surface area contributed by atoms with Crippen LogP contribution in [0.3, 0.4) is 0 Å². The number of sulfonamides is 1. The molecule has 0 aliphatic rings. The average molecular weight is 340 g/mol. The third-order valence-electron chi connectivity index (χ3n) is 2.86. The topological polar surface area (TPSA) is 55.8 Å². The van der Waals surface area contributed by atoms with E-state index in [1.54, 1.807) is 0 Å². The zero-order chi connectivity index (χ0) is 15.9. The van der Waals surface area contributed by atoms with Gasteiger partial charge in [0.15, 0.2) is 0 Å². The second-order valence-electron chi connectivity index (χ2n) is 4.29. The number of alkyl halides is 1. The summed E-state index contributed by atoms with van der Waals surface area (Å²) in [6.45, 7) is 0.652. The predicted octanol–water partition coefficient (Wildman–Crippen LogP) is 1.85. The van der Waals surface area contributed by atoms with Crippen molar-refractivity contribution in [2.24, 2.45) is 0 Å². The van der Waals surface area contributed by atoms with E-state index in [0.29, 0.717) is 5.56 Å². The van der Waals surface area contributed by atoms with E-state index in [4.69, 9.17) is 21.1 Å². The van der Waals surface area contributed by atoms with Crippen LogP contribution in [0.25, 0.3) is 0 Å². The molecule has 0 aromatic heterocycles. The number of ether oxygens (including phenoxy) is 2. The summed E-state index contributed by atoms with van der Waals surface area (Å²) in [6.07, 6.45) is 0. The highest BCUT2D eigenvalue weighted by atomic mass is 35.5. The molecule has 0 fully saturated rings. The van der Waals surface area contributed by atoms with Crippen LogP contribution in [0.5, 0.6) is 0 Å². The Hall–Kier alpha value is -0.730. The summed E-state index contributed by atoms with van der Waals surface area (Å²) in [5, 5.41) is 0. The second-order valence-corrected chi connectivity index (χ2v) is 6.46. The molecule has 120 valence electrons. The number of benzene rings is 1. The predicted molar refractivity (Wildman–Crippen MR) is 78.5 cm³/mol. The quantitative estimate of drug-likeness (QED) is 0.644. The molecule has 0 unspecified atom stereocenters. The Bertz CT molecular complexity index is 545. The highest BCUT2D eigenvalue weighted by molar-refractivity contribution is 7.89. The number of methoxy groups -OCH3 is 2. The van der Waals surface area contributed by atoms with Gasteiger partial charge in [-0.2, -0.15) is 4.31 Å². The zero-order valence-electron chi connectivity index (χ0n) is 12.0. The van der Waals surface area contributed by atoms with Crippen molar-refractivity contribution in [2.45, 2.75) is 10.8 Å². The molecule has 0 bridgehead atoms. The Kier molecular flexibility index (Phi) is 7.55. The van der Waals surface area contributed by atoms with E-state index >= 15 is 0 Å². The Morgan fingerprint density at radius 1 is 1.19 bits per heavy atom. The molecule has 0 saturated carbocycles. The monoisotopic (exact) mass is 339 g/mol. The molecule has 0 saturated heterocycles. The number of hydrogen-bond acceptors (Lipinski definition) is 4. The van der Waals surface area contributed by atoms with Gasteiger partial charge in [-0.3, -0.25) is 0 Å². The number of nitrogens with zero attached hydrogens (tertiary/aromatic N) is 1. The summed E-state index contributed by atoms with van der Waals surface area (Å²) in [7, 11) is -1.03. The lowest BCUT2D eigenvalue weighted by atomic mass is 10.2. The lowest BCUT2D eigenvalue weighted by molar-refractivity contribution is 0.150. The standard InChI is InChI=1S/C13H19ClFNO4S/c1-19-7-5-16(6-8-20-2)21(17,18)13-9-11(10-14)3-4-12(13)15/h3-4,9H,5-8,10H2,1-2H3. The molecule has 0 spiro atoms. The fourth-order valence-electron chi connectivity index (χ4n) is 1.71. The first-order valence-electron chi connectivity index (χ1n) is 6.29. The van der Waals surface area contributed by atoms with Gasteiger partial charge in [0.25, 0.3) is 0 Å². The summed E-state index contributed by atoms with van der Waals surface area (Å²) >= 11 is 5.68. The van der Waals surface area contributed by atoms with Gasteiger partial charge in [0.2, 0.25) is 10.0 Å². The van der Waals surface area contributed by atoms with Crippen molar-refractivity contribution in [3.05, 3.63) is 29.6 Å². The normalized spacial score (nSPS) is 12.0. The van der Waals surface area contributed by atoms with Gasteiger partial charge in [-0.1, -0.05) is 6.07 Å².